The van der Waals surface area contributed by atoms with Crippen molar-refractivity contribution in [2.24, 2.45) is 4.99 Å². The maximum Gasteiger partial charge on any atom is 0.191 e. The number of nitrogens with zero attached hydrogens (tertiary/aromatic N) is 4. The number of fused-ring (bicyclic) bond motifs is 1. The average molecular weight is 379 g/mol. The van der Waals surface area contributed by atoms with Crippen LogP contribution in [0.3, 0.4) is 0 Å². The lowest BCUT2D eigenvalue weighted by atomic mass is 10.2. The van der Waals surface area contributed by atoms with Crippen LogP contribution in [-0.4, -0.2) is 42.7 Å². The molecule has 28 heavy (non-hydrogen) atoms. The lowest BCUT2D eigenvalue weighted by molar-refractivity contribution is 0.640. The number of aliphatic imine (C=N–C) groups is 1. The number of aryl methyl sites for hydroxylation is 1. The van der Waals surface area contributed by atoms with Gasteiger partial charge in [-0.1, -0.05) is 24.3 Å². The monoisotopic (exact) mass is 378 g/mol. The standard InChI is InChI=1S/C22H30N6/c1-4-23-22(25-17-19-10-7-12-21(26-19)27(2)3)24-14-8-15-28-16-13-18-9-5-6-11-20(18)28/h5-7,9-13,16H,4,8,14-15,17H2,1-3H3,(H2,23,24,25). The third kappa shape index (κ3) is 5.25. The van der Waals surface area contributed by atoms with Gasteiger partial charge in [-0.2, -0.15) is 0 Å². The van der Waals surface area contributed by atoms with E-state index in [1.165, 1.54) is 10.9 Å². The van der Waals surface area contributed by atoms with Gasteiger partial charge in [-0.05, 0) is 43.0 Å². The van der Waals surface area contributed by atoms with Gasteiger partial charge in [0.25, 0.3) is 0 Å². The number of aromatic nitrogens is 2. The van der Waals surface area contributed by atoms with E-state index in [4.69, 9.17) is 0 Å². The second-order valence-electron chi connectivity index (χ2n) is 6.92. The van der Waals surface area contributed by atoms with E-state index in [0.29, 0.717) is 6.54 Å². The number of nitrogens with one attached hydrogen (secondary N) is 2. The second-order valence-corrected chi connectivity index (χ2v) is 6.92. The van der Waals surface area contributed by atoms with E-state index >= 15 is 0 Å². The molecule has 0 atom stereocenters. The summed E-state index contributed by atoms with van der Waals surface area (Å²) in [5, 5.41) is 8.02. The molecular weight excluding hydrogens is 348 g/mol. The molecule has 0 radical (unpaired) electrons. The SMILES string of the molecule is CCNC(=NCc1cccc(N(C)C)n1)NCCCn1ccc2ccccc21. The molecule has 0 aliphatic heterocycles. The highest BCUT2D eigenvalue weighted by Gasteiger charge is 2.02. The lowest BCUT2D eigenvalue weighted by Crippen LogP contribution is -2.38. The second kappa shape index (κ2) is 9.78. The number of guanidine groups is 1. The van der Waals surface area contributed by atoms with E-state index in [0.717, 1.165) is 43.5 Å². The summed E-state index contributed by atoms with van der Waals surface area (Å²) in [6.07, 6.45) is 3.19. The normalized spacial score (nSPS) is 11.6. The van der Waals surface area contributed by atoms with Crippen molar-refractivity contribution in [3.8, 4) is 0 Å². The Morgan fingerprint density at radius 3 is 2.75 bits per heavy atom. The fourth-order valence-electron chi connectivity index (χ4n) is 3.10. The van der Waals surface area contributed by atoms with Gasteiger partial charge in [0.05, 0.1) is 12.2 Å². The summed E-state index contributed by atoms with van der Waals surface area (Å²) in [5.41, 5.74) is 2.25. The maximum absolute atomic E-state index is 4.68. The Morgan fingerprint density at radius 2 is 1.93 bits per heavy atom. The third-order valence-electron chi connectivity index (χ3n) is 4.54. The molecule has 0 saturated heterocycles. The predicted octanol–water partition coefficient (Wildman–Crippen LogP) is 3.25. The summed E-state index contributed by atoms with van der Waals surface area (Å²) in [7, 11) is 3.99. The van der Waals surface area contributed by atoms with Gasteiger partial charge in [-0.25, -0.2) is 9.98 Å². The van der Waals surface area contributed by atoms with Gasteiger partial charge in [0.1, 0.15) is 5.82 Å². The van der Waals surface area contributed by atoms with E-state index in [1.807, 2.05) is 37.2 Å². The molecule has 148 valence electrons. The zero-order valence-corrected chi connectivity index (χ0v) is 17.0. The van der Waals surface area contributed by atoms with Crippen LogP contribution >= 0.6 is 0 Å². The first kappa shape index (κ1) is 19.7. The highest BCUT2D eigenvalue weighted by molar-refractivity contribution is 5.80. The average Bonchev–Trinajstić information content (AvgIpc) is 3.12. The van der Waals surface area contributed by atoms with Crippen LogP contribution in [0.1, 0.15) is 19.0 Å². The highest BCUT2D eigenvalue weighted by atomic mass is 15.2. The summed E-state index contributed by atoms with van der Waals surface area (Å²) in [6, 6.07) is 16.7. The van der Waals surface area contributed by atoms with Crippen molar-refractivity contribution in [1.82, 2.24) is 20.2 Å². The van der Waals surface area contributed by atoms with Gasteiger partial charge in [0.2, 0.25) is 0 Å². The van der Waals surface area contributed by atoms with Crippen LogP contribution in [0.4, 0.5) is 5.82 Å². The van der Waals surface area contributed by atoms with Crippen molar-refractivity contribution in [1.29, 1.82) is 0 Å². The maximum atomic E-state index is 4.68. The van der Waals surface area contributed by atoms with Gasteiger partial charge in [-0.3, -0.25) is 0 Å². The minimum atomic E-state index is 0.555. The molecular formula is C22H30N6. The molecule has 0 saturated carbocycles. The van der Waals surface area contributed by atoms with E-state index in [2.05, 4.69) is 68.6 Å². The summed E-state index contributed by atoms with van der Waals surface area (Å²) >= 11 is 0. The number of hydrogen-bond acceptors (Lipinski definition) is 3. The first-order valence-corrected chi connectivity index (χ1v) is 9.86. The fourth-order valence-corrected chi connectivity index (χ4v) is 3.10. The summed E-state index contributed by atoms with van der Waals surface area (Å²) in [5.74, 6) is 1.78. The summed E-state index contributed by atoms with van der Waals surface area (Å²) in [6.45, 7) is 5.31. The van der Waals surface area contributed by atoms with Crippen molar-refractivity contribution in [2.45, 2.75) is 26.4 Å². The van der Waals surface area contributed by atoms with Crippen molar-refractivity contribution in [3.05, 3.63) is 60.4 Å². The van der Waals surface area contributed by atoms with Crippen molar-refractivity contribution < 1.29 is 0 Å². The predicted molar refractivity (Wildman–Crippen MR) is 118 cm³/mol. The fraction of sp³-hybridized carbons (Fsp3) is 0.364. The van der Waals surface area contributed by atoms with E-state index in [9.17, 15) is 0 Å². The molecule has 6 heteroatoms. The Balaban J connectivity index is 1.52. The first-order valence-electron chi connectivity index (χ1n) is 9.86. The van der Waals surface area contributed by atoms with Crippen LogP contribution in [0.2, 0.25) is 0 Å². The van der Waals surface area contributed by atoms with Gasteiger partial charge >= 0.3 is 0 Å². The van der Waals surface area contributed by atoms with Crippen molar-refractivity contribution in [3.63, 3.8) is 0 Å². The molecule has 0 fully saturated rings. The van der Waals surface area contributed by atoms with Crippen LogP contribution in [-0.2, 0) is 13.1 Å². The smallest absolute Gasteiger partial charge is 0.191 e. The largest absolute Gasteiger partial charge is 0.363 e. The molecule has 6 nitrogen and oxygen atoms in total. The van der Waals surface area contributed by atoms with Crippen molar-refractivity contribution >= 4 is 22.7 Å². The minimum Gasteiger partial charge on any atom is -0.363 e. The zero-order chi connectivity index (χ0) is 19.8. The highest BCUT2D eigenvalue weighted by Crippen LogP contribution is 2.15. The molecule has 3 aromatic rings. The van der Waals surface area contributed by atoms with Gasteiger partial charge in [0, 0.05) is 45.4 Å². The molecule has 3 rings (SSSR count). The minimum absolute atomic E-state index is 0.555. The Kier molecular flexibility index (Phi) is 6.89. The van der Waals surface area contributed by atoms with Crippen LogP contribution in [0.25, 0.3) is 10.9 Å². The van der Waals surface area contributed by atoms with Crippen LogP contribution in [0.5, 0.6) is 0 Å². The number of pyridine rings is 1. The number of para-hydroxylation sites is 1. The first-order chi connectivity index (χ1) is 13.7. The van der Waals surface area contributed by atoms with E-state index in [1.54, 1.807) is 0 Å². The topological polar surface area (TPSA) is 57.5 Å². The molecule has 0 amide bonds. The summed E-state index contributed by atoms with van der Waals surface area (Å²) in [4.78, 5) is 11.3. The van der Waals surface area contributed by atoms with Crippen molar-refractivity contribution in [2.75, 3.05) is 32.1 Å². The van der Waals surface area contributed by atoms with Crippen LogP contribution in [0.15, 0.2) is 59.7 Å². The molecule has 2 aromatic heterocycles. The molecule has 0 spiro atoms. The number of rotatable bonds is 8. The molecule has 2 heterocycles. The number of anilines is 1. The molecule has 0 aliphatic rings. The van der Waals surface area contributed by atoms with E-state index < -0.39 is 0 Å². The van der Waals surface area contributed by atoms with E-state index in [-0.39, 0.29) is 0 Å². The zero-order valence-electron chi connectivity index (χ0n) is 17.0. The summed E-state index contributed by atoms with van der Waals surface area (Å²) < 4.78 is 2.30. The van der Waals surface area contributed by atoms with Gasteiger partial charge in [0.15, 0.2) is 5.96 Å². The molecule has 0 aliphatic carbocycles. The quantitative estimate of drug-likeness (QED) is 0.359. The molecule has 1 aromatic carbocycles. The molecule has 0 unspecified atom stereocenters. The number of hydrogen-bond donors (Lipinski definition) is 2. The Morgan fingerprint density at radius 1 is 1.07 bits per heavy atom. The third-order valence-corrected chi connectivity index (χ3v) is 4.54. The Labute approximate surface area is 167 Å². The Hall–Kier alpha value is -3.02. The van der Waals surface area contributed by atoms with Crippen LogP contribution in [0, 0.1) is 0 Å². The van der Waals surface area contributed by atoms with Crippen LogP contribution < -0.4 is 15.5 Å². The number of benzene rings is 1. The van der Waals surface area contributed by atoms with Gasteiger partial charge in [-0.15, -0.1) is 0 Å². The Bertz CT molecular complexity index is 912. The molecule has 2 N–H and O–H groups in total. The lowest BCUT2D eigenvalue weighted by Gasteiger charge is -2.13. The van der Waals surface area contributed by atoms with Gasteiger partial charge < -0.3 is 20.1 Å². The molecule has 0 bridgehead atoms.